The molecule has 1 N–H and O–H groups in total. The number of hydrogen-bond acceptors (Lipinski definition) is 4. The second-order valence-corrected chi connectivity index (χ2v) is 4.64. The van der Waals surface area contributed by atoms with Gasteiger partial charge in [0.15, 0.2) is 0 Å². The van der Waals surface area contributed by atoms with Crippen LogP contribution in [-0.4, -0.2) is 10.0 Å². The van der Waals surface area contributed by atoms with E-state index in [-0.39, 0.29) is 17.3 Å². The Balaban J connectivity index is 2.28. The number of nitro benzene ring substituents is 1. The molecule has 2 aromatic carbocycles. The van der Waals surface area contributed by atoms with Gasteiger partial charge in [-0.2, -0.15) is 0 Å². The molecule has 0 aliphatic heterocycles. The number of non-ortho nitro benzene ring substituents is 1. The first-order valence-electron chi connectivity index (χ1n) is 5.83. The number of nitro groups is 1. The Bertz CT molecular complexity index is 658. The number of hydrogen-bond donors (Lipinski definition) is 1. The maximum absolute atomic E-state index is 10.6. The molecule has 0 atom stereocenters. The number of rotatable bonds is 4. The van der Waals surface area contributed by atoms with Gasteiger partial charge >= 0.3 is 0 Å². The summed E-state index contributed by atoms with van der Waals surface area (Å²) in [7, 11) is 0. The van der Waals surface area contributed by atoms with Crippen LogP contribution in [-0.2, 0) is 6.61 Å². The molecule has 0 heterocycles. The van der Waals surface area contributed by atoms with Crippen LogP contribution < -0.4 is 4.74 Å². The molecule has 0 saturated carbocycles. The van der Waals surface area contributed by atoms with Crippen LogP contribution in [0.25, 0.3) is 0 Å². The van der Waals surface area contributed by atoms with Gasteiger partial charge in [-0.1, -0.05) is 23.7 Å². The minimum absolute atomic E-state index is 0.0423. The van der Waals surface area contributed by atoms with Crippen molar-refractivity contribution in [1.82, 2.24) is 0 Å². The normalized spacial score (nSPS) is 10.3. The second-order valence-electron chi connectivity index (χ2n) is 4.23. The van der Waals surface area contributed by atoms with Gasteiger partial charge in [0.2, 0.25) is 0 Å². The van der Waals surface area contributed by atoms with Crippen LogP contribution in [0.5, 0.6) is 11.5 Å². The highest BCUT2D eigenvalue weighted by atomic mass is 35.5. The van der Waals surface area contributed by atoms with E-state index < -0.39 is 4.92 Å². The van der Waals surface area contributed by atoms with Gasteiger partial charge in [0.1, 0.15) is 11.5 Å². The Kier molecular flexibility index (Phi) is 4.22. The molecule has 0 unspecified atom stereocenters. The maximum atomic E-state index is 10.6. The predicted octanol–water partition coefficient (Wildman–Crippen LogP) is 3.84. The van der Waals surface area contributed by atoms with Gasteiger partial charge in [-0.25, -0.2) is 0 Å². The van der Waals surface area contributed by atoms with Crippen molar-refractivity contribution in [3.05, 3.63) is 62.7 Å². The summed E-state index contributed by atoms with van der Waals surface area (Å²) in [6, 6.07) is 9.29. The van der Waals surface area contributed by atoms with Crippen molar-refractivity contribution in [2.45, 2.75) is 13.5 Å². The molecule has 0 fully saturated rings. The number of aliphatic hydroxyl groups excluding tert-OH is 1. The number of ether oxygens (including phenoxy) is 1. The quantitative estimate of drug-likeness (QED) is 0.686. The summed E-state index contributed by atoms with van der Waals surface area (Å²) in [6.07, 6.45) is 0. The molecule has 0 radical (unpaired) electrons. The SMILES string of the molecule is Cc1cc(CO)ccc1Oc1ccc([N+](=O)[O-])cc1Cl. The number of benzene rings is 2. The van der Waals surface area contributed by atoms with Crippen molar-refractivity contribution in [2.24, 2.45) is 0 Å². The Labute approximate surface area is 120 Å². The summed E-state index contributed by atoms with van der Waals surface area (Å²) in [4.78, 5) is 10.1. The van der Waals surface area contributed by atoms with Crippen molar-refractivity contribution < 1.29 is 14.8 Å². The lowest BCUT2D eigenvalue weighted by Gasteiger charge is -2.10. The standard InChI is InChI=1S/C14H12ClNO4/c1-9-6-10(8-17)2-4-13(9)20-14-5-3-11(16(18)19)7-12(14)15/h2-7,17H,8H2,1H3. The van der Waals surface area contributed by atoms with Crippen molar-refractivity contribution in [3.8, 4) is 11.5 Å². The lowest BCUT2D eigenvalue weighted by Crippen LogP contribution is -1.92. The molecule has 2 rings (SSSR count). The van der Waals surface area contributed by atoms with E-state index in [0.29, 0.717) is 11.5 Å². The third-order valence-electron chi connectivity index (χ3n) is 2.77. The van der Waals surface area contributed by atoms with Crippen molar-refractivity contribution in [1.29, 1.82) is 0 Å². The number of halogens is 1. The van der Waals surface area contributed by atoms with Gasteiger partial charge in [-0.05, 0) is 30.2 Å². The highest BCUT2D eigenvalue weighted by Crippen LogP contribution is 2.33. The molecule has 104 valence electrons. The molecule has 2 aromatic rings. The monoisotopic (exact) mass is 293 g/mol. The fourth-order valence-electron chi connectivity index (χ4n) is 1.73. The van der Waals surface area contributed by atoms with Crippen molar-refractivity contribution >= 4 is 17.3 Å². The molecule has 0 bridgehead atoms. The average molecular weight is 294 g/mol. The van der Waals surface area contributed by atoms with E-state index in [0.717, 1.165) is 11.1 Å². The van der Waals surface area contributed by atoms with E-state index >= 15 is 0 Å². The average Bonchev–Trinajstić information content (AvgIpc) is 2.42. The minimum Gasteiger partial charge on any atom is -0.456 e. The summed E-state index contributed by atoms with van der Waals surface area (Å²) < 4.78 is 5.64. The van der Waals surface area contributed by atoms with E-state index in [9.17, 15) is 10.1 Å². The Morgan fingerprint density at radius 1 is 1.25 bits per heavy atom. The van der Waals surface area contributed by atoms with Crippen molar-refractivity contribution in [2.75, 3.05) is 0 Å². The van der Waals surface area contributed by atoms with Crippen LogP contribution >= 0.6 is 11.6 Å². The van der Waals surface area contributed by atoms with Crippen LogP contribution in [0, 0.1) is 17.0 Å². The van der Waals surface area contributed by atoms with Crippen LogP contribution in [0.2, 0.25) is 5.02 Å². The molecule has 0 spiro atoms. The third kappa shape index (κ3) is 3.07. The van der Waals surface area contributed by atoms with E-state index in [1.54, 1.807) is 18.2 Å². The summed E-state index contributed by atoms with van der Waals surface area (Å²) in [5, 5.41) is 19.8. The third-order valence-corrected chi connectivity index (χ3v) is 3.06. The van der Waals surface area contributed by atoms with Crippen LogP contribution in [0.4, 0.5) is 5.69 Å². The minimum atomic E-state index is -0.517. The van der Waals surface area contributed by atoms with Gasteiger partial charge in [0, 0.05) is 12.1 Å². The first kappa shape index (κ1) is 14.3. The topological polar surface area (TPSA) is 72.6 Å². The summed E-state index contributed by atoms with van der Waals surface area (Å²) in [5.41, 5.74) is 1.53. The van der Waals surface area contributed by atoms with E-state index in [2.05, 4.69) is 0 Å². The molecule has 6 heteroatoms. The van der Waals surface area contributed by atoms with Gasteiger partial charge < -0.3 is 9.84 Å². The molecule has 0 saturated heterocycles. The second kappa shape index (κ2) is 5.90. The number of aliphatic hydroxyl groups is 1. The first-order valence-corrected chi connectivity index (χ1v) is 6.21. The highest BCUT2D eigenvalue weighted by molar-refractivity contribution is 6.32. The van der Waals surface area contributed by atoms with Crippen LogP contribution in [0.3, 0.4) is 0 Å². The Morgan fingerprint density at radius 3 is 2.50 bits per heavy atom. The first-order chi connectivity index (χ1) is 9.51. The van der Waals surface area contributed by atoms with Crippen LogP contribution in [0.15, 0.2) is 36.4 Å². The van der Waals surface area contributed by atoms with E-state index in [1.807, 2.05) is 6.92 Å². The zero-order valence-corrected chi connectivity index (χ0v) is 11.4. The summed E-state index contributed by atoms with van der Waals surface area (Å²) in [6.45, 7) is 1.80. The van der Waals surface area contributed by atoms with Crippen LogP contribution in [0.1, 0.15) is 11.1 Å². The van der Waals surface area contributed by atoms with Gasteiger partial charge in [-0.15, -0.1) is 0 Å². The Hall–Kier alpha value is -2.11. The molecule has 0 aliphatic carbocycles. The number of nitrogens with zero attached hydrogens (tertiary/aromatic N) is 1. The lowest BCUT2D eigenvalue weighted by molar-refractivity contribution is -0.384. The summed E-state index contributed by atoms with van der Waals surface area (Å²) >= 11 is 5.96. The largest absolute Gasteiger partial charge is 0.456 e. The molecular formula is C14H12ClNO4. The predicted molar refractivity (Wildman–Crippen MR) is 75.3 cm³/mol. The smallest absolute Gasteiger partial charge is 0.271 e. The van der Waals surface area contributed by atoms with Gasteiger partial charge in [0.25, 0.3) is 5.69 Å². The van der Waals surface area contributed by atoms with Crippen molar-refractivity contribution in [3.63, 3.8) is 0 Å². The maximum Gasteiger partial charge on any atom is 0.271 e. The molecular weight excluding hydrogens is 282 g/mol. The molecule has 20 heavy (non-hydrogen) atoms. The Morgan fingerprint density at radius 2 is 1.95 bits per heavy atom. The number of aryl methyl sites for hydroxylation is 1. The molecule has 0 aliphatic rings. The zero-order valence-electron chi connectivity index (χ0n) is 10.7. The van der Waals surface area contributed by atoms with Gasteiger partial charge in [0.05, 0.1) is 16.6 Å². The summed E-state index contributed by atoms with van der Waals surface area (Å²) in [5.74, 6) is 0.926. The fraction of sp³-hybridized carbons (Fsp3) is 0.143. The van der Waals surface area contributed by atoms with Gasteiger partial charge in [-0.3, -0.25) is 10.1 Å². The lowest BCUT2D eigenvalue weighted by atomic mass is 10.1. The highest BCUT2D eigenvalue weighted by Gasteiger charge is 2.11. The zero-order chi connectivity index (χ0) is 14.7. The van der Waals surface area contributed by atoms with E-state index in [4.69, 9.17) is 21.4 Å². The molecule has 0 aromatic heterocycles. The molecule has 5 nitrogen and oxygen atoms in total. The fourth-order valence-corrected chi connectivity index (χ4v) is 1.94. The molecule has 0 amide bonds. The van der Waals surface area contributed by atoms with E-state index in [1.165, 1.54) is 18.2 Å².